The maximum atomic E-state index is 11.8. The van der Waals surface area contributed by atoms with Crippen LogP contribution in [-0.2, 0) is 14.8 Å². The summed E-state index contributed by atoms with van der Waals surface area (Å²) < 4.78 is 24.9. The van der Waals surface area contributed by atoms with Crippen LogP contribution in [0.15, 0.2) is 0 Å². The van der Waals surface area contributed by atoms with E-state index < -0.39 is 16.0 Å². The third-order valence-corrected chi connectivity index (χ3v) is 4.25. The summed E-state index contributed by atoms with van der Waals surface area (Å²) in [4.78, 5) is 10.3. The van der Waals surface area contributed by atoms with E-state index in [4.69, 9.17) is 10.2 Å². The molecule has 0 aliphatic carbocycles. The predicted molar refractivity (Wildman–Crippen MR) is 64.2 cm³/mol. The van der Waals surface area contributed by atoms with Gasteiger partial charge in [0, 0.05) is 19.5 Å². The van der Waals surface area contributed by atoms with E-state index in [1.807, 2.05) is 6.92 Å². The highest BCUT2D eigenvalue weighted by molar-refractivity contribution is 7.89. The van der Waals surface area contributed by atoms with E-state index >= 15 is 0 Å². The highest BCUT2D eigenvalue weighted by atomic mass is 32.2. The van der Waals surface area contributed by atoms with Crippen LogP contribution in [0.3, 0.4) is 0 Å². The molecule has 0 rings (SSSR count). The standard InChI is InChI=1S/C10H21NO5S/c1-2-3-6-11(7-8-12)17(15,16)9-4-5-10(13)14/h12H,2-9H2,1H3,(H,13,14). The average Bonchev–Trinajstić information content (AvgIpc) is 2.23. The monoisotopic (exact) mass is 267 g/mol. The Morgan fingerprint density at radius 2 is 1.88 bits per heavy atom. The molecule has 0 fully saturated rings. The summed E-state index contributed by atoms with van der Waals surface area (Å²) in [6.07, 6.45) is 1.55. The van der Waals surface area contributed by atoms with Gasteiger partial charge in [-0.15, -0.1) is 0 Å². The number of carboxylic acids is 1. The molecule has 0 aliphatic heterocycles. The van der Waals surface area contributed by atoms with Crippen LogP contribution in [0.5, 0.6) is 0 Å². The number of hydrogen-bond acceptors (Lipinski definition) is 4. The van der Waals surface area contributed by atoms with Crippen molar-refractivity contribution in [2.75, 3.05) is 25.4 Å². The molecule has 0 aromatic rings. The second-order valence-electron chi connectivity index (χ2n) is 3.79. The van der Waals surface area contributed by atoms with Crippen molar-refractivity contribution in [2.45, 2.75) is 32.6 Å². The summed E-state index contributed by atoms with van der Waals surface area (Å²) in [7, 11) is -3.44. The molecule has 0 aliphatic rings. The minimum atomic E-state index is -3.44. The lowest BCUT2D eigenvalue weighted by molar-refractivity contribution is -0.137. The lowest BCUT2D eigenvalue weighted by Gasteiger charge is -2.20. The number of unbranched alkanes of at least 4 members (excludes halogenated alkanes) is 1. The van der Waals surface area contributed by atoms with Gasteiger partial charge in [0.1, 0.15) is 0 Å². The van der Waals surface area contributed by atoms with Gasteiger partial charge in [-0.25, -0.2) is 8.42 Å². The summed E-state index contributed by atoms with van der Waals surface area (Å²) in [5.74, 6) is -1.18. The minimum absolute atomic E-state index is 0.0788. The highest BCUT2D eigenvalue weighted by Crippen LogP contribution is 2.06. The quantitative estimate of drug-likeness (QED) is 0.592. The largest absolute Gasteiger partial charge is 0.481 e. The number of nitrogens with zero attached hydrogens (tertiary/aromatic N) is 1. The molecule has 0 saturated heterocycles. The first-order valence-electron chi connectivity index (χ1n) is 5.74. The Labute approximate surface area is 102 Å². The second-order valence-corrected chi connectivity index (χ2v) is 5.88. The third-order valence-electron chi connectivity index (χ3n) is 2.30. The number of sulfonamides is 1. The van der Waals surface area contributed by atoms with Crippen molar-refractivity contribution < 1.29 is 23.4 Å². The van der Waals surface area contributed by atoms with Crippen molar-refractivity contribution in [1.82, 2.24) is 4.31 Å². The zero-order valence-electron chi connectivity index (χ0n) is 10.1. The van der Waals surface area contributed by atoms with Crippen LogP contribution in [0.1, 0.15) is 32.6 Å². The summed E-state index contributed by atoms with van der Waals surface area (Å²) in [6, 6.07) is 0. The number of carbonyl (C=O) groups is 1. The van der Waals surface area contributed by atoms with Crippen LogP contribution < -0.4 is 0 Å². The van der Waals surface area contributed by atoms with Gasteiger partial charge in [-0.1, -0.05) is 13.3 Å². The molecule has 0 heterocycles. The van der Waals surface area contributed by atoms with Gasteiger partial charge in [0.15, 0.2) is 0 Å². The SMILES string of the molecule is CCCCN(CCO)S(=O)(=O)CCCC(=O)O. The Bertz CT molecular complexity index is 315. The van der Waals surface area contributed by atoms with Gasteiger partial charge in [-0.2, -0.15) is 4.31 Å². The number of aliphatic carboxylic acids is 1. The number of aliphatic hydroxyl groups is 1. The van der Waals surface area contributed by atoms with Crippen LogP contribution in [0, 0.1) is 0 Å². The van der Waals surface area contributed by atoms with Gasteiger partial charge < -0.3 is 10.2 Å². The zero-order valence-corrected chi connectivity index (χ0v) is 10.9. The van der Waals surface area contributed by atoms with Crippen LogP contribution in [-0.4, -0.2) is 54.4 Å². The Morgan fingerprint density at radius 1 is 1.24 bits per heavy atom. The molecule has 102 valence electrons. The molecule has 7 heteroatoms. The van der Waals surface area contributed by atoms with Gasteiger partial charge in [0.2, 0.25) is 10.0 Å². The van der Waals surface area contributed by atoms with Crippen molar-refractivity contribution in [2.24, 2.45) is 0 Å². The molecule has 0 bridgehead atoms. The molecule has 2 N–H and O–H groups in total. The molecule has 17 heavy (non-hydrogen) atoms. The van der Waals surface area contributed by atoms with Crippen LogP contribution in [0.2, 0.25) is 0 Å². The fourth-order valence-corrected chi connectivity index (χ4v) is 2.91. The van der Waals surface area contributed by atoms with E-state index in [0.717, 1.165) is 12.8 Å². The van der Waals surface area contributed by atoms with Gasteiger partial charge in [0.25, 0.3) is 0 Å². The third kappa shape index (κ3) is 7.30. The molecule has 0 radical (unpaired) electrons. The smallest absolute Gasteiger partial charge is 0.303 e. The van der Waals surface area contributed by atoms with E-state index in [1.165, 1.54) is 4.31 Å². The molecular formula is C10H21NO5S. The highest BCUT2D eigenvalue weighted by Gasteiger charge is 2.20. The Balaban J connectivity index is 4.32. The van der Waals surface area contributed by atoms with Gasteiger partial charge in [-0.3, -0.25) is 4.79 Å². The molecule has 0 spiro atoms. The summed E-state index contributed by atoms with van der Waals surface area (Å²) >= 11 is 0. The van der Waals surface area contributed by atoms with E-state index in [1.54, 1.807) is 0 Å². The minimum Gasteiger partial charge on any atom is -0.481 e. The fraction of sp³-hybridized carbons (Fsp3) is 0.900. The van der Waals surface area contributed by atoms with Gasteiger partial charge >= 0.3 is 5.97 Å². The van der Waals surface area contributed by atoms with E-state index in [9.17, 15) is 13.2 Å². The van der Waals surface area contributed by atoms with Crippen LogP contribution >= 0.6 is 0 Å². The maximum Gasteiger partial charge on any atom is 0.303 e. The Hall–Kier alpha value is -0.660. The van der Waals surface area contributed by atoms with Gasteiger partial charge in [0.05, 0.1) is 12.4 Å². The van der Waals surface area contributed by atoms with Crippen molar-refractivity contribution in [3.8, 4) is 0 Å². The second kappa shape index (κ2) is 8.43. The van der Waals surface area contributed by atoms with Gasteiger partial charge in [-0.05, 0) is 12.8 Å². The Kier molecular flexibility index (Phi) is 8.11. The first kappa shape index (κ1) is 16.3. The molecule has 0 aromatic heterocycles. The summed E-state index contributed by atoms with van der Waals surface area (Å²) in [5.41, 5.74) is 0. The molecule has 0 amide bonds. The van der Waals surface area contributed by atoms with Crippen molar-refractivity contribution in [3.63, 3.8) is 0 Å². The molecule has 6 nitrogen and oxygen atoms in total. The van der Waals surface area contributed by atoms with Crippen molar-refractivity contribution >= 4 is 16.0 Å². The molecule has 0 aromatic carbocycles. The first-order chi connectivity index (χ1) is 7.94. The van der Waals surface area contributed by atoms with E-state index in [2.05, 4.69) is 0 Å². The van der Waals surface area contributed by atoms with Crippen molar-refractivity contribution in [1.29, 1.82) is 0 Å². The lowest BCUT2D eigenvalue weighted by Crippen LogP contribution is -2.36. The zero-order chi connectivity index (χ0) is 13.3. The lowest BCUT2D eigenvalue weighted by atomic mass is 10.3. The molecule has 0 unspecified atom stereocenters. The van der Waals surface area contributed by atoms with E-state index in [0.29, 0.717) is 6.54 Å². The maximum absolute atomic E-state index is 11.8. The van der Waals surface area contributed by atoms with Crippen LogP contribution in [0.25, 0.3) is 0 Å². The number of carboxylic acid groups (broad SMARTS) is 1. The normalized spacial score (nSPS) is 11.9. The molecule has 0 saturated carbocycles. The summed E-state index contributed by atoms with van der Waals surface area (Å²) in [6.45, 7) is 2.19. The van der Waals surface area contributed by atoms with E-state index in [-0.39, 0.29) is 31.7 Å². The molecule has 0 atom stereocenters. The number of aliphatic hydroxyl groups excluding tert-OH is 1. The topological polar surface area (TPSA) is 94.9 Å². The first-order valence-corrected chi connectivity index (χ1v) is 7.35. The van der Waals surface area contributed by atoms with Crippen molar-refractivity contribution in [3.05, 3.63) is 0 Å². The summed E-state index contributed by atoms with van der Waals surface area (Å²) in [5, 5.41) is 17.3. The average molecular weight is 267 g/mol. The fourth-order valence-electron chi connectivity index (χ4n) is 1.37. The molecular weight excluding hydrogens is 246 g/mol. The number of hydrogen-bond donors (Lipinski definition) is 2. The Morgan fingerprint density at radius 3 is 2.35 bits per heavy atom. The number of rotatable bonds is 10. The predicted octanol–water partition coefficient (Wildman–Crippen LogP) is 0.275. The van der Waals surface area contributed by atoms with Crippen LogP contribution in [0.4, 0.5) is 0 Å².